The predicted molar refractivity (Wildman–Crippen MR) is 72.9 cm³/mol. The summed E-state index contributed by atoms with van der Waals surface area (Å²) in [6.45, 7) is 1.61. The summed E-state index contributed by atoms with van der Waals surface area (Å²) >= 11 is 0. The molecule has 2 aromatic carbocycles. The Morgan fingerprint density at radius 2 is 1.42 bits per heavy atom. The summed E-state index contributed by atoms with van der Waals surface area (Å²) in [6, 6.07) is 17.3. The van der Waals surface area contributed by atoms with E-state index in [0.717, 1.165) is 11.1 Å². The number of carboxylic acid groups (broad SMARTS) is 1. The number of hydrogen-bond donors (Lipinski definition) is 1. The number of carbonyl (C=O) groups excluding carboxylic acids is 1. The molecule has 0 aliphatic heterocycles. The molecule has 0 aliphatic rings. The molecule has 0 aliphatic carbocycles. The Labute approximate surface area is 111 Å². The van der Waals surface area contributed by atoms with Gasteiger partial charge in [-0.15, -0.1) is 0 Å². The first kappa shape index (κ1) is 13.0. The van der Waals surface area contributed by atoms with Crippen molar-refractivity contribution in [3.63, 3.8) is 0 Å². The Morgan fingerprint density at radius 1 is 0.895 bits per heavy atom. The second kappa shape index (κ2) is 5.48. The molecule has 0 amide bonds. The molecule has 0 saturated heterocycles. The van der Waals surface area contributed by atoms with Crippen molar-refractivity contribution >= 4 is 11.8 Å². The Balaban J connectivity index is 2.24. The van der Waals surface area contributed by atoms with Crippen molar-refractivity contribution in [3.05, 3.63) is 60.2 Å². The van der Waals surface area contributed by atoms with Crippen LogP contribution < -0.4 is 0 Å². The van der Waals surface area contributed by atoms with Crippen molar-refractivity contribution in [2.24, 2.45) is 0 Å². The zero-order valence-corrected chi connectivity index (χ0v) is 10.5. The van der Waals surface area contributed by atoms with Gasteiger partial charge in [-0.3, -0.25) is 4.79 Å². The van der Waals surface area contributed by atoms with Gasteiger partial charge < -0.3 is 5.11 Å². The molecule has 1 unspecified atom stereocenters. The van der Waals surface area contributed by atoms with Gasteiger partial charge in [0.05, 0.1) is 5.92 Å². The summed E-state index contributed by atoms with van der Waals surface area (Å²) in [4.78, 5) is 22.1. The number of rotatable bonds is 4. The molecule has 1 atom stereocenters. The molecule has 0 aromatic heterocycles. The number of aliphatic carboxylic acids is 1. The highest BCUT2D eigenvalue weighted by Gasteiger charge is 2.21. The average Bonchev–Trinajstić information content (AvgIpc) is 2.46. The van der Waals surface area contributed by atoms with E-state index in [2.05, 4.69) is 0 Å². The van der Waals surface area contributed by atoms with E-state index in [1.54, 1.807) is 19.1 Å². The molecule has 3 heteroatoms. The minimum atomic E-state index is -1.39. The first-order valence-corrected chi connectivity index (χ1v) is 6.02. The fourth-order valence-electron chi connectivity index (χ4n) is 1.93. The van der Waals surface area contributed by atoms with Gasteiger partial charge in [0.2, 0.25) is 5.78 Å². The van der Waals surface area contributed by atoms with Crippen LogP contribution in [-0.2, 0) is 9.59 Å². The molecule has 0 radical (unpaired) electrons. The topological polar surface area (TPSA) is 54.4 Å². The summed E-state index contributed by atoms with van der Waals surface area (Å²) in [5.74, 6) is -2.80. The van der Waals surface area contributed by atoms with Crippen LogP contribution in [0.1, 0.15) is 18.4 Å². The number of ketones is 1. The van der Waals surface area contributed by atoms with E-state index in [4.69, 9.17) is 5.11 Å². The number of hydrogen-bond acceptors (Lipinski definition) is 2. The molecular weight excluding hydrogens is 240 g/mol. The van der Waals surface area contributed by atoms with Crippen molar-refractivity contribution in [2.45, 2.75) is 12.8 Å². The molecule has 2 aromatic rings. The zero-order valence-electron chi connectivity index (χ0n) is 10.5. The third-order valence-corrected chi connectivity index (χ3v) is 3.12. The highest BCUT2D eigenvalue weighted by Crippen LogP contribution is 2.23. The van der Waals surface area contributed by atoms with Gasteiger partial charge in [-0.25, -0.2) is 4.79 Å². The Morgan fingerprint density at radius 3 is 1.95 bits per heavy atom. The van der Waals surface area contributed by atoms with Crippen LogP contribution in [0.15, 0.2) is 54.6 Å². The van der Waals surface area contributed by atoms with Crippen LogP contribution in [0.3, 0.4) is 0 Å². The molecule has 0 fully saturated rings. The lowest BCUT2D eigenvalue weighted by atomic mass is 9.94. The van der Waals surface area contributed by atoms with Crippen LogP contribution in [-0.4, -0.2) is 16.9 Å². The Hall–Kier alpha value is -2.42. The average molecular weight is 254 g/mol. The molecule has 3 nitrogen and oxygen atoms in total. The SMILES string of the molecule is CC(C(=O)C(=O)O)c1ccc(-c2ccccc2)cc1. The summed E-state index contributed by atoms with van der Waals surface area (Å²) in [5.41, 5.74) is 2.85. The van der Waals surface area contributed by atoms with E-state index in [1.165, 1.54) is 0 Å². The fourth-order valence-corrected chi connectivity index (χ4v) is 1.93. The highest BCUT2D eigenvalue weighted by atomic mass is 16.4. The van der Waals surface area contributed by atoms with Crippen LogP contribution in [0.5, 0.6) is 0 Å². The molecule has 0 heterocycles. The maximum Gasteiger partial charge on any atom is 0.372 e. The van der Waals surface area contributed by atoms with Crippen LogP contribution in [0, 0.1) is 0 Å². The molecule has 1 N–H and O–H groups in total. The van der Waals surface area contributed by atoms with Gasteiger partial charge in [0, 0.05) is 0 Å². The molecular formula is C16H14O3. The van der Waals surface area contributed by atoms with Crippen LogP contribution in [0.2, 0.25) is 0 Å². The molecule has 0 saturated carbocycles. The highest BCUT2D eigenvalue weighted by molar-refractivity contribution is 6.34. The third kappa shape index (κ3) is 2.88. The molecule has 96 valence electrons. The summed E-state index contributed by atoms with van der Waals surface area (Å²) in [6.07, 6.45) is 0. The van der Waals surface area contributed by atoms with Crippen molar-refractivity contribution in [3.8, 4) is 11.1 Å². The molecule has 19 heavy (non-hydrogen) atoms. The largest absolute Gasteiger partial charge is 0.475 e. The number of benzene rings is 2. The first-order chi connectivity index (χ1) is 9.09. The van der Waals surface area contributed by atoms with E-state index >= 15 is 0 Å². The van der Waals surface area contributed by atoms with Gasteiger partial charge in [-0.1, -0.05) is 61.5 Å². The predicted octanol–water partition coefficient (Wildman–Crippen LogP) is 3.11. The molecule has 0 bridgehead atoms. The van der Waals surface area contributed by atoms with E-state index < -0.39 is 17.7 Å². The third-order valence-electron chi connectivity index (χ3n) is 3.12. The minimum Gasteiger partial charge on any atom is -0.475 e. The van der Waals surface area contributed by atoms with Crippen molar-refractivity contribution < 1.29 is 14.7 Å². The van der Waals surface area contributed by atoms with Gasteiger partial charge >= 0.3 is 5.97 Å². The monoisotopic (exact) mass is 254 g/mol. The fraction of sp³-hybridized carbons (Fsp3) is 0.125. The smallest absolute Gasteiger partial charge is 0.372 e. The Kier molecular flexibility index (Phi) is 3.76. The standard InChI is InChI=1S/C16H14O3/c1-11(15(17)16(18)19)12-7-9-14(10-8-12)13-5-3-2-4-6-13/h2-11H,1H3,(H,18,19). The van der Waals surface area contributed by atoms with E-state index in [0.29, 0.717) is 5.56 Å². The van der Waals surface area contributed by atoms with Crippen molar-refractivity contribution in [2.75, 3.05) is 0 Å². The maximum atomic E-state index is 11.4. The van der Waals surface area contributed by atoms with Gasteiger partial charge in [0.15, 0.2) is 0 Å². The van der Waals surface area contributed by atoms with Gasteiger partial charge in [-0.05, 0) is 16.7 Å². The summed E-state index contributed by atoms with van der Waals surface area (Å²) < 4.78 is 0. The second-order valence-electron chi connectivity index (χ2n) is 4.38. The Bertz CT molecular complexity index is 585. The zero-order chi connectivity index (χ0) is 13.8. The maximum absolute atomic E-state index is 11.4. The lowest BCUT2D eigenvalue weighted by Crippen LogP contribution is -2.19. The quantitative estimate of drug-likeness (QED) is 0.853. The summed E-state index contributed by atoms with van der Waals surface area (Å²) in [5, 5.41) is 8.70. The lowest BCUT2D eigenvalue weighted by Gasteiger charge is -2.09. The second-order valence-corrected chi connectivity index (χ2v) is 4.38. The van der Waals surface area contributed by atoms with Gasteiger partial charge in [0.25, 0.3) is 0 Å². The van der Waals surface area contributed by atoms with E-state index in [9.17, 15) is 9.59 Å². The molecule has 0 spiro atoms. The number of carbonyl (C=O) groups is 2. The van der Waals surface area contributed by atoms with Crippen molar-refractivity contribution in [1.82, 2.24) is 0 Å². The normalized spacial score (nSPS) is 11.8. The van der Waals surface area contributed by atoms with Gasteiger partial charge in [0.1, 0.15) is 0 Å². The van der Waals surface area contributed by atoms with E-state index in [1.807, 2.05) is 42.5 Å². The van der Waals surface area contributed by atoms with Crippen LogP contribution >= 0.6 is 0 Å². The van der Waals surface area contributed by atoms with E-state index in [-0.39, 0.29) is 0 Å². The number of Topliss-reactive ketones (excluding diaryl/α,β-unsaturated/α-hetero) is 1. The summed E-state index contributed by atoms with van der Waals surface area (Å²) in [7, 11) is 0. The lowest BCUT2D eigenvalue weighted by molar-refractivity contribution is -0.149. The molecule has 2 rings (SSSR count). The van der Waals surface area contributed by atoms with Crippen LogP contribution in [0.25, 0.3) is 11.1 Å². The van der Waals surface area contributed by atoms with Gasteiger partial charge in [-0.2, -0.15) is 0 Å². The number of carboxylic acids is 1. The van der Waals surface area contributed by atoms with Crippen molar-refractivity contribution in [1.29, 1.82) is 0 Å². The first-order valence-electron chi connectivity index (χ1n) is 6.02. The minimum absolute atomic E-state index is 0.623. The van der Waals surface area contributed by atoms with Crippen LogP contribution in [0.4, 0.5) is 0 Å².